The summed E-state index contributed by atoms with van der Waals surface area (Å²) in [5, 5.41) is 6.52. The van der Waals surface area contributed by atoms with Crippen LogP contribution in [0.5, 0.6) is 0 Å². The minimum atomic E-state index is 0.202. The highest BCUT2D eigenvalue weighted by Gasteiger charge is 2.19. The van der Waals surface area contributed by atoms with E-state index in [-0.39, 0.29) is 6.04 Å². The molecular formula is C15H17BrClNS. The fourth-order valence-electron chi connectivity index (χ4n) is 2.07. The first kappa shape index (κ1) is 15.0. The Balaban J connectivity index is 2.42. The molecule has 0 saturated carbocycles. The van der Waals surface area contributed by atoms with E-state index in [9.17, 15) is 0 Å². The number of rotatable bonds is 5. The lowest BCUT2D eigenvalue weighted by atomic mass is 10.00. The second-order valence-electron chi connectivity index (χ2n) is 4.52. The maximum atomic E-state index is 6.16. The number of hydrogen-bond acceptors (Lipinski definition) is 2. The highest BCUT2D eigenvalue weighted by atomic mass is 79.9. The third kappa shape index (κ3) is 3.60. The molecule has 0 aliphatic heterocycles. The molecule has 0 aliphatic rings. The number of thiophene rings is 1. The standard InChI is InChI=1S/C15H17BrClNS/c1-3-7-18-14(15-13(16)6-8-19-15)12-9-11(17)5-4-10(12)2/h4-6,8-9,14,18H,3,7H2,1-2H3. The molecule has 1 atom stereocenters. The zero-order valence-electron chi connectivity index (χ0n) is 11.0. The fraction of sp³-hybridized carbons (Fsp3) is 0.333. The van der Waals surface area contributed by atoms with Gasteiger partial charge in [-0.05, 0) is 70.5 Å². The predicted octanol–water partition coefficient (Wildman–Crippen LogP) is 5.56. The van der Waals surface area contributed by atoms with Crippen molar-refractivity contribution in [2.45, 2.75) is 26.3 Å². The van der Waals surface area contributed by atoms with Gasteiger partial charge in [-0.15, -0.1) is 11.3 Å². The summed E-state index contributed by atoms with van der Waals surface area (Å²) >= 11 is 11.6. The van der Waals surface area contributed by atoms with E-state index in [1.54, 1.807) is 11.3 Å². The van der Waals surface area contributed by atoms with E-state index in [0.29, 0.717) is 0 Å². The molecule has 0 bridgehead atoms. The first-order chi connectivity index (χ1) is 9.13. The summed E-state index contributed by atoms with van der Waals surface area (Å²) in [6.45, 7) is 5.30. The summed E-state index contributed by atoms with van der Waals surface area (Å²) in [5.41, 5.74) is 2.52. The molecule has 4 heteroatoms. The minimum Gasteiger partial charge on any atom is -0.306 e. The maximum absolute atomic E-state index is 6.16. The molecule has 0 saturated heterocycles. The largest absolute Gasteiger partial charge is 0.306 e. The normalized spacial score (nSPS) is 12.6. The van der Waals surface area contributed by atoms with E-state index < -0.39 is 0 Å². The zero-order valence-corrected chi connectivity index (χ0v) is 14.2. The van der Waals surface area contributed by atoms with E-state index >= 15 is 0 Å². The van der Waals surface area contributed by atoms with Gasteiger partial charge in [0.15, 0.2) is 0 Å². The summed E-state index contributed by atoms with van der Waals surface area (Å²) in [6.07, 6.45) is 1.11. The van der Waals surface area contributed by atoms with E-state index in [1.807, 2.05) is 6.07 Å². The molecule has 0 amide bonds. The van der Waals surface area contributed by atoms with Gasteiger partial charge < -0.3 is 5.32 Å². The van der Waals surface area contributed by atoms with Crippen LogP contribution in [0.2, 0.25) is 5.02 Å². The molecule has 0 radical (unpaired) electrons. The number of benzene rings is 1. The molecule has 1 N–H and O–H groups in total. The molecule has 2 aromatic rings. The van der Waals surface area contributed by atoms with Crippen LogP contribution in [0.25, 0.3) is 0 Å². The van der Waals surface area contributed by atoms with Gasteiger partial charge in [-0.2, -0.15) is 0 Å². The lowest BCUT2D eigenvalue weighted by molar-refractivity contribution is 0.602. The van der Waals surface area contributed by atoms with E-state index in [4.69, 9.17) is 11.6 Å². The van der Waals surface area contributed by atoms with Crippen molar-refractivity contribution in [3.05, 3.63) is 55.1 Å². The van der Waals surface area contributed by atoms with Crippen LogP contribution in [0.15, 0.2) is 34.1 Å². The molecule has 0 fully saturated rings. The molecule has 0 aliphatic carbocycles. The Morgan fingerprint density at radius 3 is 2.79 bits per heavy atom. The van der Waals surface area contributed by atoms with Crippen molar-refractivity contribution < 1.29 is 0 Å². The van der Waals surface area contributed by atoms with Gasteiger partial charge in [0.2, 0.25) is 0 Å². The fourth-order valence-corrected chi connectivity index (χ4v) is 3.94. The van der Waals surface area contributed by atoms with Gasteiger partial charge in [-0.3, -0.25) is 0 Å². The lowest BCUT2D eigenvalue weighted by Crippen LogP contribution is -2.23. The highest BCUT2D eigenvalue weighted by molar-refractivity contribution is 9.10. The predicted molar refractivity (Wildman–Crippen MR) is 88.3 cm³/mol. The van der Waals surface area contributed by atoms with Crippen LogP contribution in [0.3, 0.4) is 0 Å². The molecule has 102 valence electrons. The summed E-state index contributed by atoms with van der Waals surface area (Å²) in [4.78, 5) is 1.30. The van der Waals surface area contributed by atoms with Gasteiger partial charge in [0.05, 0.1) is 6.04 Å². The molecule has 1 aromatic carbocycles. The number of halogens is 2. The van der Waals surface area contributed by atoms with Gasteiger partial charge >= 0.3 is 0 Å². The molecule has 1 heterocycles. The Labute approximate surface area is 132 Å². The van der Waals surface area contributed by atoms with E-state index in [0.717, 1.165) is 22.5 Å². The topological polar surface area (TPSA) is 12.0 Å². The number of aryl methyl sites for hydroxylation is 1. The van der Waals surface area contributed by atoms with Gasteiger partial charge in [0.25, 0.3) is 0 Å². The maximum Gasteiger partial charge on any atom is 0.0685 e. The lowest BCUT2D eigenvalue weighted by Gasteiger charge is -2.21. The summed E-state index contributed by atoms with van der Waals surface area (Å²) in [7, 11) is 0. The van der Waals surface area contributed by atoms with Crippen molar-refractivity contribution in [2.24, 2.45) is 0 Å². The zero-order chi connectivity index (χ0) is 13.8. The average Bonchev–Trinajstić information content (AvgIpc) is 2.80. The molecule has 19 heavy (non-hydrogen) atoms. The van der Waals surface area contributed by atoms with Gasteiger partial charge in [0.1, 0.15) is 0 Å². The van der Waals surface area contributed by atoms with Crippen molar-refractivity contribution in [3.63, 3.8) is 0 Å². The Bertz CT molecular complexity index is 553. The smallest absolute Gasteiger partial charge is 0.0685 e. The molecule has 2 rings (SSSR count). The van der Waals surface area contributed by atoms with Crippen LogP contribution in [-0.2, 0) is 0 Å². The second-order valence-corrected chi connectivity index (χ2v) is 6.76. The van der Waals surface area contributed by atoms with Crippen molar-refractivity contribution in [1.29, 1.82) is 0 Å². The quantitative estimate of drug-likeness (QED) is 0.737. The van der Waals surface area contributed by atoms with E-state index in [1.165, 1.54) is 16.0 Å². The van der Waals surface area contributed by atoms with Crippen LogP contribution in [0.1, 0.15) is 35.4 Å². The minimum absolute atomic E-state index is 0.202. The van der Waals surface area contributed by atoms with Crippen molar-refractivity contribution in [3.8, 4) is 0 Å². The summed E-state index contributed by atoms with van der Waals surface area (Å²) in [5.74, 6) is 0. The van der Waals surface area contributed by atoms with Gasteiger partial charge in [-0.25, -0.2) is 0 Å². The van der Waals surface area contributed by atoms with Crippen molar-refractivity contribution in [2.75, 3.05) is 6.54 Å². The third-order valence-electron chi connectivity index (χ3n) is 3.06. The SMILES string of the molecule is CCCNC(c1cc(Cl)ccc1C)c1sccc1Br. The van der Waals surface area contributed by atoms with Crippen LogP contribution < -0.4 is 5.32 Å². The van der Waals surface area contributed by atoms with Gasteiger partial charge in [0, 0.05) is 14.4 Å². The summed E-state index contributed by atoms with van der Waals surface area (Å²) in [6, 6.07) is 8.39. The highest BCUT2D eigenvalue weighted by Crippen LogP contribution is 2.35. The Hall–Kier alpha value is -0.350. The number of hydrogen-bond donors (Lipinski definition) is 1. The van der Waals surface area contributed by atoms with Crippen molar-refractivity contribution in [1.82, 2.24) is 5.32 Å². The Kier molecular flexibility index (Phi) is 5.46. The van der Waals surface area contributed by atoms with Crippen LogP contribution >= 0.6 is 38.9 Å². The Morgan fingerprint density at radius 1 is 1.37 bits per heavy atom. The van der Waals surface area contributed by atoms with Crippen LogP contribution in [-0.4, -0.2) is 6.54 Å². The van der Waals surface area contributed by atoms with Crippen LogP contribution in [0.4, 0.5) is 0 Å². The summed E-state index contributed by atoms with van der Waals surface area (Å²) < 4.78 is 1.16. The molecular weight excluding hydrogens is 342 g/mol. The monoisotopic (exact) mass is 357 g/mol. The first-order valence-corrected chi connectivity index (χ1v) is 8.41. The van der Waals surface area contributed by atoms with Gasteiger partial charge in [-0.1, -0.05) is 24.6 Å². The number of nitrogens with one attached hydrogen (secondary N) is 1. The van der Waals surface area contributed by atoms with E-state index in [2.05, 4.69) is 58.7 Å². The average molecular weight is 359 g/mol. The third-order valence-corrected chi connectivity index (χ3v) is 5.23. The second kappa shape index (κ2) is 6.89. The molecule has 1 aromatic heterocycles. The Morgan fingerprint density at radius 2 is 2.16 bits per heavy atom. The molecule has 0 spiro atoms. The molecule has 1 unspecified atom stereocenters. The molecule has 1 nitrogen and oxygen atoms in total. The first-order valence-electron chi connectivity index (χ1n) is 6.35. The van der Waals surface area contributed by atoms with Crippen LogP contribution in [0, 0.1) is 6.92 Å². The van der Waals surface area contributed by atoms with Crippen molar-refractivity contribution >= 4 is 38.9 Å².